The minimum atomic E-state index is -0.257. The number of morpholine rings is 1. The average molecular weight is 725 g/mol. The van der Waals surface area contributed by atoms with Crippen LogP contribution in [0.4, 0.5) is 11.5 Å². The van der Waals surface area contributed by atoms with Crippen LogP contribution in [0.25, 0.3) is 10.8 Å². The molecule has 4 fully saturated rings. The van der Waals surface area contributed by atoms with Crippen molar-refractivity contribution in [3.8, 4) is 12.1 Å². The van der Waals surface area contributed by atoms with Crippen molar-refractivity contribution in [3.05, 3.63) is 64.8 Å². The number of piperazine rings is 1. The standard InChI is InChI=1S/C40H49ClN8O3/c1-29(45-22-24-51-25-23-45)10-11-36(50)49-21-20-47(26-31(49)12-16-42)38-32-13-19-46(35-9-3-7-30-6-2-8-33(41)37(30)35)27-34(32)43-39(44-38)52-28-40-14-4-17-48(40)18-5-15-40/h2-3,6-11,29,31H,4-5,12-15,17-28H2,1H3/b11-10+/t29?,31-/m0/s1. The van der Waals surface area contributed by atoms with Gasteiger partial charge in [0.15, 0.2) is 0 Å². The highest BCUT2D eigenvalue weighted by Crippen LogP contribution is 2.40. The fraction of sp³-hybridized carbons (Fsp3) is 0.550. The fourth-order valence-corrected chi connectivity index (χ4v) is 9.44. The topological polar surface area (TPSA) is 101 Å². The van der Waals surface area contributed by atoms with E-state index in [2.05, 4.69) is 56.9 Å². The molecule has 0 bridgehead atoms. The van der Waals surface area contributed by atoms with Crippen molar-refractivity contribution in [2.45, 2.75) is 69.6 Å². The highest BCUT2D eigenvalue weighted by atomic mass is 35.5. The molecule has 3 aromatic rings. The van der Waals surface area contributed by atoms with Crippen molar-refractivity contribution in [2.24, 2.45) is 0 Å². The number of halogens is 1. The third-order valence-corrected chi connectivity index (χ3v) is 12.3. The average Bonchev–Trinajstić information content (AvgIpc) is 3.77. The molecule has 1 aromatic heterocycles. The summed E-state index contributed by atoms with van der Waals surface area (Å²) in [6.45, 7) is 11.2. The molecule has 274 valence electrons. The predicted octanol–water partition coefficient (Wildman–Crippen LogP) is 5.06. The van der Waals surface area contributed by atoms with Gasteiger partial charge in [0.2, 0.25) is 5.91 Å². The summed E-state index contributed by atoms with van der Waals surface area (Å²) in [6.07, 6.45) is 9.38. The summed E-state index contributed by atoms with van der Waals surface area (Å²) >= 11 is 6.78. The minimum Gasteiger partial charge on any atom is -0.461 e. The zero-order chi connectivity index (χ0) is 35.7. The van der Waals surface area contributed by atoms with Crippen LogP contribution in [0, 0.1) is 11.3 Å². The summed E-state index contributed by atoms with van der Waals surface area (Å²) in [4.78, 5) is 35.3. The number of rotatable bonds is 9. The van der Waals surface area contributed by atoms with Crippen molar-refractivity contribution < 1.29 is 14.3 Å². The first-order valence-corrected chi connectivity index (χ1v) is 19.4. The molecule has 5 aliphatic heterocycles. The Morgan fingerprint density at radius 3 is 2.63 bits per heavy atom. The molecule has 0 saturated carbocycles. The van der Waals surface area contributed by atoms with Gasteiger partial charge in [0.05, 0.1) is 54.5 Å². The number of hydrogen-bond acceptors (Lipinski definition) is 10. The summed E-state index contributed by atoms with van der Waals surface area (Å²) in [5.74, 6) is 0.824. The second kappa shape index (κ2) is 15.2. The number of nitriles is 1. The maximum Gasteiger partial charge on any atom is 0.318 e. The summed E-state index contributed by atoms with van der Waals surface area (Å²) in [5, 5.41) is 12.8. The number of ether oxygens (including phenoxy) is 2. The molecule has 2 atom stereocenters. The van der Waals surface area contributed by atoms with Crippen molar-refractivity contribution in [1.29, 1.82) is 5.26 Å². The van der Waals surface area contributed by atoms with Gasteiger partial charge < -0.3 is 24.2 Å². The van der Waals surface area contributed by atoms with Gasteiger partial charge in [0.25, 0.3) is 0 Å². The Morgan fingerprint density at radius 2 is 1.85 bits per heavy atom. The van der Waals surface area contributed by atoms with Crippen LogP contribution >= 0.6 is 11.6 Å². The Labute approximate surface area is 311 Å². The first-order valence-electron chi connectivity index (χ1n) is 19.0. The van der Waals surface area contributed by atoms with Crippen molar-refractivity contribution in [2.75, 3.05) is 82.0 Å². The summed E-state index contributed by atoms with van der Waals surface area (Å²) in [6, 6.07) is 15.0. The van der Waals surface area contributed by atoms with Gasteiger partial charge >= 0.3 is 6.01 Å². The normalized spacial score (nSPS) is 22.8. The van der Waals surface area contributed by atoms with Gasteiger partial charge in [-0.25, -0.2) is 0 Å². The Balaban J connectivity index is 1.06. The maximum absolute atomic E-state index is 13.6. The zero-order valence-electron chi connectivity index (χ0n) is 30.2. The first kappa shape index (κ1) is 35.1. The van der Waals surface area contributed by atoms with Gasteiger partial charge in [-0.1, -0.05) is 41.9 Å². The Bertz CT molecular complexity index is 1840. The first-order chi connectivity index (χ1) is 25.4. The number of carbonyl (C=O) groups excluding carboxylic acids is 1. The quantitative estimate of drug-likeness (QED) is 0.279. The molecule has 0 aliphatic carbocycles. The Hall–Kier alpha value is -3.95. The maximum atomic E-state index is 13.6. The third-order valence-electron chi connectivity index (χ3n) is 12.0. The van der Waals surface area contributed by atoms with E-state index in [1.54, 1.807) is 6.08 Å². The van der Waals surface area contributed by atoms with Crippen LogP contribution in [-0.4, -0.2) is 120 Å². The van der Waals surface area contributed by atoms with E-state index in [4.69, 9.17) is 31.0 Å². The summed E-state index contributed by atoms with van der Waals surface area (Å²) in [7, 11) is 0. The molecule has 11 nitrogen and oxygen atoms in total. The summed E-state index contributed by atoms with van der Waals surface area (Å²) in [5.41, 5.74) is 3.24. The third kappa shape index (κ3) is 6.94. The number of hydrogen-bond donors (Lipinski definition) is 0. The minimum absolute atomic E-state index is 0.0462. The Kier molecular flexibility index (Phi) is 10.3. The lowest BCUT2D eigenvalue weighted by Crippen LogP contribution is -2.55. The molecule has 4 saturated heterocycles. The van der Waals surface area contributed by atoms with E-state index in [0.29, 0.717) is 52.0 Å². The fourth-order valence-electron chi connectivity index (χ4n) is 9.16. The van der Waals surface area contributed by atoms with Crippen LogP contribution < -0.4 is 14.5 Å². The van der Waals surface area contributed by atoms with Crippen LogP contribution in [0.1, 0.15) is 50.3 Å². The largest absolute Gasteiger partial charge is 0.461 e. The molecule has 12 heteroatoms. The van der Waals surface area contributed by atoms with Gasteiger partial charge in [-0.3, -0.25) is 14.6 Å². The zero-order valence-corrected chi connectivity index (χ0v) is 30.9. The molecule has 1 amide bonds. The van der Waals surface area contributed by atoms with Crippen LogP contribution in [0.2, 0.25) is 5.02 Å². The second-order valence-corrected chi connectivity index (χ2v) is 15.4. The van der Waals surface area contributed by atoms with Gasteiger partial charge in [-0.2, -0.15) is 15.2 Å². The van der Waals surface area contributed by atoms with Crippen LogP contribution in [0.15, 0.2) is 48.6 Å². The number of aromatic nitrogens is 2. The SMILES string of the molecule is CC(/C=C/C(=O)N1CCN(c2nc(OCC34CCCN3CCC4)nc3c2CCN(c2cccc4cccc(Cl)c24)C3)C[C@@H]1CC#N)N1CCOCC1. The number of benzene rings is 2. The lowest BCUT2D eigenvalue weighted by atomic mass is 9.95. The van der Waals surface area contributed by atoms with E-state index in [1.807, 2.05) is 23.1 Å². The molecule has 0 radical (unpaired) electrons. The van der Waals surface area contributed by atoms with Gasteiger partial charge in [-0.05, 0) is 69.6 Å². The number of carbonyl (C=O) groups is 1. The van der Waals surface area contributed by atoms with E-state index >= 15 is 0 Å². The van der Waals surface area contributed by atoms with Gasteiger partial charge in [-0.15, -0.1) is 0 Å². The molecule has 2 aromatic carbocycles. The van der Waals surface area contributed by atoms with Crippen molar-refractivity contribution >= 4 is 39.8 Å². The molecule has 8 rings (SSSR count). The molecule has 52 heavy (non-hydrogen) atoms. The van der Waals surface area contributed by atoms with E-state index in [0.717, 1.165) is 90.5 Å². The monoisotopic (exact) mass is 724 g/mol. The van der Waals surface area contributed by atoms with Gasteiger partial charge in [0.1, 0.15) is 12.4 Å². The lowest BCUT2D eigenvalue weighted by Gasteiger charge is -2.42. The summed E-state index contributed by atoms with van der Waals surface area (Å²) < 4.78 is 12.1. The predicted molar refractivity (Wildman–Crippen MR) is 203 cm³/mol. The molecular formula is C40H49ClN8O3. The number of nitrogens with zero attached hydrogens (tertiary/aromatic N) is 8. The van der Waals surface area contributed by atoms with Gasteiger partial charge in [0, 0.05) is 68.0 Å². The number of anilines is 2. The van der Waals surface area contributed by atoms with Crippen LogP contribution in [0.5, 0.6) is 6.01 Å². The molecule has 1 unspecified atom stereocenters. The number of amides is 1. The van der Waals surface area contributed by atoms with E-state index in [-0.39, 0.29) is 30.0 Å². The van der Waals surface area contributed by atoms with E-state index < -0.39 is 0 Å². The van der Waals surface area contributed by atoms with Crippen molar-refractivity contribution in [1.82, 2.24) is 24.7 Å². The second-order valence-electron chi connectivity index (χ2n) is 15.0. The highest BCUT2D eigenvalue weighted by Gasteiger charge is 2.45. The van der Waals surface area contributed by atoms with Crippen LogP contribution in [0.3, 0.4) is 0 Å². The van der Waals surface area contributed by atoms with E-state index in [1.165, 1.54) is 12.8 Å². The molecular weight excluding hydrogens is 676 g/mol. The van der Waals surface area contributed by atoms with Crippen LogP contribution in [-0.2, 0) is 22.5 Å². The molecule has 6 heterocycles. The molecule has 5 aliphatic rings. The lowest BCUT2D eigenvalue weighted by molar-refractivity contribution is -0.128. The van der Waals surface area contributed by atoms with E-state index in [9.17, 15) is 10.1 Å². The molecule has 0 N–H and O–H groups in total. The smallest absolute Gasteiger partial charge is 0.318 e. The highest BCUT2D eigenvalue weighted by molar-refractivity contribution is 6.36. The molecule has 0 spiro atoms. The Morgan fingerprint density at radius 1 is 1.06 bits per heavy atom. The number of fused-ring (bicyclic) bond motifs is 3. The van der Waals surface area contributed by atoms with Crippen molar-refractivity contribution in [3.63, 3.8) is 0 Å².